The summed E-state index contributed by atoms with van der Waals surface area (Å²) >= 11 is 1.81. The normalized spacial score (nSPS) is 17.4. The molecule has 0 spiro atoms. The van der Waals surface area contributed by atoms with E-state index in [1.165, 1.54) is 53.6 Å². The first-order chi connectivity index (χ1) is 7.86. The summed E-state index contributed by atoms with van der Waals surface area (Å²) in [6.45, 7) is 0. The Morgan fingerprint density at radius 3 is 3.19 bits per heavy atom. The van der Waals surface area contributed by atoms with Crippen molar-refractivity contribution in [1.82, 2.24) is 9.78 Å². The SMILES string of the molecule is Cn1nc(C2=CCCCCC2)c2sccc21. The highest BCUT2D eigenvalue weighted by molar-refractivity contribution is 7.17. The number of allylic oxidation sites excluding steroid dienone is 2. The van der Waals surface area contributed by atoms with Crippen LogP contribution in [0.4, 0.5) is 0 Å². The molecule has 1 aliphatic carbocycles. The molecule has 2 aromatic heterocycles. The summed E-state index contributed by atoms with van der Waals surface area (Å²) < 4.78 is 3.36. The van der Waals surface area contributed by atoms with Gasteiger partial charge in [-0.25, -0.2) is 0 Å². The van der Waals surface area contributed by atoms with Gasteiger partial charge in [-0.3, -0.25) is 4.68 Å². The molecule has 2 heterocycles. The largest absolute Gasteiger partial charge is 0.266 e. The molecule has 0 amide bonds. The average molecular weight is 232 g/mol. The molecule has 3 heteroatoms. The fraction of sp³-hybridized carbons (Fsp3) is 0.462. The van der Waals surface area contributed by atoms with Crippen LogP contribution >= 0.6 is 11.3 Å². The van der Waals surface area contributed by atoms with Gasteiger partial charge in [0.1, 0.15) is 5.69 Å². The molecule has 0 saturated carbocycles. The van der Waals surface area contributed by atoms with E-state index in [0.717, 1.165) is 0 Å². The topological polar surface area (TPSA) is 17.8 Å². The lowest BCUT2D eigenvalue weighted by atomic mass is 10.1. The van der Waals surface area contributed by atoms with Gasteiger partial charge in [0, 0.05) is 7.05 Å². The molecule has 3 rings (SSSR count). The Labute approximate surface area is 99.6 Å². The van der Waals surface area contributed by atoms with Crippen LogP contribution in [0.1, 0.15) is 37.8 Å². The maximum atomic E-state index is 4.67. The molecule has 84 valence electrons. The Balaban J connectivity index is 2.10. The minimum atomic E-state index is 1.20. The first-order valence-electron chi connectivity index (χ1n) is 5.96. The van der Waals surface area contributed by atoms with E-state index in [0.29, 0.717) is 0 Å². The van der Waals surface area contributed by atoms with Crippen LogP contribution in [0.5, 0.6) is 0 Å². The van der Waals surface area contributed by atoms with Crippen molar-refractivity contribution in [2.24, 2.45) is 7.05 Å². The number of thiophene rings is 1. The summed E-state index contributed by atoms with van der Waals surface area (Å²) in [4.78, 5) is 0. The number of hydrogen-bond donors (Lipinski definition) is 0. The molecule has 2 nitrogen and oxygen atoms in total. The van der Waals surface area contributed by atoms with Crippen molar-refractivity contribution >= 4 is 27.1 Å². The molecule has 0 bridgehead atoms. The van der Waals surface area contributed by atoms with Crippen LogP contribution in [0, 0.1) is 0 Å². The number of aromatic nitrogens is 2. The van der Waals surface area contributed by atoms with Gasteiger partial charge < -0.3 is 0 Å². The van der Waals surface area contributed by atoms with Crippen molar-refractivity contribution in [1.29, 1.82) is 0 Å². The molecule has 0 aliphatic heterocycles. The number of fused-ring (bicyclic) bond motifs is 1. The van der Waals surface area contributed by atoms with Gasteiger partial charge in [0.25, 0.3) is 0 Å². The van der Waals surface area contributed by atoms with E-state index < -0.39 is 0 Å². The van der Waals surface area contributed by atoms with E-state index in [1.54, 1.807) is 0 Å². The van der Waals surface area contributed by atoms with Crippen LogP contribution < -0.4 is 0 Å². The van der Waals surface area contributed by atoms with Crippen LogP contribution in [-0.4, -0.2) is 9.78 Å². The molecule has 0 radical (unpaired) electrons. The Bertz CT molecular complexity index is 533. The fourth-order valence-corrected chi connectivity index (χ4v) is 3.36. The quantitative estimate of drug-likeness (QED) is 0.727. The molecule has 0 fully saturated rings. The predicted octanol–water partition coefficient (Wildman–Crippen LogP) is 3.98. The van der Waals surface area contributed by atoms with Crippen molar-refractivity contribution in [2.75, 3.05) is 0 Å². The second-order valence-corrected chi connectivity index (χ2v) is 5.35. The summed E-state index contributed by atoms with van der Waals surface area (Å²) in [5, 5.41) is 6.83. The van der Waals surface area contributed by atoms with Gasteiger partial charge in [-0.05, 0) is 42.7 Å². The third-order valence-corrected chi connectivity index (χ3v) is 4.21. The highest BCUT2D eigenvalue weighted by Crippen LogP contribution is 2.33. The van der Waals surface area contributed by atoms with Crippen molar-refractivity contribution in [2.45, 2.75) is 32.1 Å². The maximum absolute atomic E-state index is 4.67. The number of nitrogens with zero attached hydrogens (tertiary/aromatic N) is 2. The van der Waals surface area contributed by atoms with E-state index in [4.69, 9.17) is 0 Å². The summed E-state index contributed by atoms with van der Waals surface area (Å²) in [7, 11) is 2.04. The number of hydrogen-bond acceptors (Lipinski definition) is 2. The second kappa shape index (κ2) is 4.06. The van der Waals surface area contributed by atoms with Crippen LogP contribution in [0.15, 0.2) is 17.5 Å². The zero-order valence-electron chi connectivity index (χ0n) is 9.57. The molecule has 0 unspecified atom stereocenters. The molecule has 16 heavy (non-hydrogen) atoms. The molecule has 0 atom stereocenters. The lowest BCUT2D eigenvalue weighted by molar-refractivity contribution is 0.719. The van der Waals surface area contributed by atoms with E-state index in [9.17, 15) is 0 Å². The third-order valence-electron chi connectivity index (χ3n) is 3.30. The van der Waals surface area contributed by atoms with Gasteiger partial charge in [0.05, 0.1) is 10.2 Å². The van der Waals surface area contributed by atoms with Gasteiger partial charge >= 0.3 is 0 Å². The van der Waals surface area contributed by atoms with Crippen molar-refractivity contribution in [3.05, 3.63) is 23.2 Å². The van der Waals surface area contributed by atoms with Crippen molar-refractivity contribution in [3.8, 4) is 0 Å². The van der Waals surface area contributed by atoms with E-state index in [-0.39, 0.29) is 0 Å². The van der Waals surface area contributed by atoms with Crippen molar-refractivity contribution < 1.29 is 0 Å². The smallest absolute Gasteiger partial charge is 0.106 e. The standard InChI is InChI=1S/C13H16N2S/c1-15-11-8-9-16-13(11)12(14-15)10-6-4-2-3-5-7-10/h6,8-9H,2-5,7H2,1H3. The van der Waals surface area contributed by atoms with Gasteiger partial charge in [0.2, 0.25) is 0 Å². The Morgan fingerprint density at radius 2 is 2.25 bits per heavy atom. The van der Waals surface area contributed by atoms with E-state index in [2.05, 4.69) is 22.6 Å². The molecule has 0 saturated heterocycles. The lowest BCUT2D eigenvalue weighted by Gasteiger charge is -2.00. The monoisotopic (exact) mass is 232 g/mol. The van der Waals surface area contributed by atoms with Crippen LogP contribution in [0.25, 0.3) is 15.8 Å². The van der Waals surface area contributed by atoms with E-state index in [1.807, 2.05) is 23.1 Å². The van der Waals surface area contributed by atoms with Crippen LogP contribution in [-0.2, 0) is 7.05 Å². The van der Waals surface area contributed by atoms with Gasteiger partial charge in [-0.2, -0.15) is 5.10 Å². The van der Waals surface area contributed by atoms with Gasteiger partial charge in [-0.15, -0.1) is 11.3 Å². The first-order valence-corrected chi connectivity index (χ1v) is 6.84. The molecular formula is C13H16N2S. The van der Waals surface area contributed by atoms with Gasteiger partial charge in [-0.1, -0.05) is 12.5 Å². The molecule has 0 aromatic carbocycles. The Morgan fingerprint density at radius 1 is 1.31 bits per heavy atom. The molecular weight excluding hydrogens is 216 g/mol. The molecule has 1 aliphatic rings. The number of aryl methyl sites for hydroxylation is 1. The van der Waals surface area contributed by atoms with Crippen LogP contribution in [0.2, 0.25) is 0 Å². The summed E-state index contributed by atoms with van der Waals surface area (Å²) in [5.74, 6) is 0. The minimum absolute atomic E-state index is 1.20. The van der Waals surface area contributed by atoms with Crippen LogP contribution in [0.3, 0.4) is 0 Å². The third kappa shape index (κ3) is 1.59. The Kier molecular flexibility index (Phi) is 2.56. The summed E-state index contributed by atoms with van der Waals surface area (Å²) in [6, 6.07) is 2.16. The first kappa shape index (κ1) is 10.1. The summed E-state index contributed by atoms with van der Waals surface area (Å²) in [6.07, 6.45) is 8.83. The van der Waals surface area contributed by atoms with Gasteiger partial charge in [0.15, 0.2) is 0 Å². The number of rotatable bonds is 1. The van der Waals surface area contributed by atoms with E-state index >= 15 is 0 Å². The predicted molar refractivity (Wildman–Crippen MR) is 69.7 cm³/mol. The molecule has 0 N–H and O–H groups in total. The van der Waals surface area contributed by atoms with Crippen molar-refractivity contribution in [3.63, 3.8) is 0 Å². The lowest BCUT2D eigenvalue weighted by Crippen LogP contribution is -1.91. The maximum Gasteiger partial charge on any atom is 0.106 e. The Hall–Kier alpha value is -1.09. The second-order valence-electron chi connectivity index (χ2n) is 4.44. The highest BCUT2D eigenvalue weighted by Gasteiger charge is 2.14. The fourth-order valence-electron chi connectivity index (χ4n) is 2.42. The molecule has 2 aromatic rings. The zero-order chi connectivity index (χ0) is 11.0. The summed E-state index contributed by atoms with van der Waals surface area (Å²) in [5.41, 5.74) is 3.96. The zero-order valence-corrected chi connectivity index (χ0v) is 10.4. The highest BCUT2D eigenvalue weighted by atomic mass is 32.1. The average Bonchev–Trinajstić information content (AvgIpc) is 2.75. The minimum Gasteiger partial charge on any atom is -0.266 e.